The van der Waals surface area contributed by atoms with E-state index in [1.807, 2.05) is 0 Å². The predicted octanol–water partition coefficient (Wildman–Crippen LogP) is 3.03. The van der Waals surface area contributed by atoms with Gasteiger partial charge in [-0.2, -0.15) is 0 Å². The van der Waals surface area contributed by atoms with Gasteiger partial charge in [-0.05, 0) is 32.4 Å². The van der Waals surface area contributed by atoms with E-state index in [0.29, 0.717) is 30.8 Å². The van der Waals surface area contributed by atoms with Gasteiger partial charge < -0.3 is 9.47 Å². The van der Waals surface area contributed by atoms with Crippen LogP contribution in [0.25, 0.3) is 0 Å². The number of esters is 2. The summed E-state index contributed by atoms with van der Waals surface area (Å²) in [4.78, 5) is 35.1. The number of benzene rings is 1. The fourth-order valence-corrected chi connectivity index (χ4v) is 1.90. The third-order valence-electron chi connectivity index (χ3n) is 3.21. The van der Waals surface area contributed by atoms with Crippen molar-refractivity contribution in [3.8, 4) is 0 Å². The summed E-state index contributed by atoms with van der Waals surface area (Å²) in [5, 5.41) is 0. The smallest absolute Gasteiger partial charge is 0.338 e. The van der Waals surface area contributed by atoms with Gasteiger partial charge in [-0.1, -0.05) is 19.1 Å². The van der Waals surface area contributed by atoms with E-state index in [1.54, 1.807) is 45.0 Å². The van der Waals surface area contributed by atoms with Crippen molar-refractivity contribution in [2.45, 2.75) is 33.6 Å². The molecule has 0 N–H and O–H groups in total. The fraction of sp³-hybridized carbons (Fsp3) is 0.471. The number of ether oxygens (including phenoxy) is 2. The highest BCUT2D eigenvalue weighted by Crippen LogP contribution is 2.13. The molecule has 120 valence electrons. The molecule has 5 nitrogen and oxygen atoms in total. The lowest BCUT2D eigenvalue weighted by molar-refractivity contribution is -0.147. The molecule has 1 unspecified atom stereocenters. The summed E-state index contributed by atoms with van der Waals surface area (Å²) in [6.45, 7) is 5.88. The Kier molecular flexibility index (Phi) is 7.29. The van der Waals surface area contributed by atoms with E-state index >= 15 is 0 Å². The Morgan fingerprint density at radius 1 is 0.955 bits per heavy atom. The van der Waals surface area contributed by atoms with Gasteiger partial charge in [-0.15, -0.1) is 0 Å². The van der Waals surface area contributed by atoms with Crippen molar-refractivity contribution < 1.29 is 23.9 Å². The quantitative estimate of drug-likeness (QED) is 0.545. The Hall–Kier alpha value is -2.17. The highest BCUT2D eigenvalue weighted by Gasteiger charge is 2.16. The second kappa shape index (κ2) is 8.97. The Morgan fingerprint density at radius 3 is 2.05 bits per heavy atom. The zero-order chi connectivity index (χ0) is 16.5. The zero-order valence-electron chi connectivity index (χ0n) is 13.3. The Labute approximate surface area is 130 Å². The van der Waals surface area contributed by atoms with Crippen molar-refractivity contribution in [3.63, 3.8) is 0 Å². The number of Topliss-reactive ketones (excluding diaryl/α,β-unsaturated/α-hetero) is 1. The minimum atomic E-state index is -0.405. The summed E-state index contributed by atoms with van der Waals surface area (Å²) < 4.78 is 9.79. The van der Waals surface area contributed by atoms with E-state index in [0.717, 1.165) is 0 Å². The molecular weight excluding hydrogens is 284 g/mol. The Bertz CT molecular complexity index is 518. The van der Waals surface area contributed by atoms with Crippen LogP contribution in [0.1, 0.15) is 54.3 Å². The molecule has 1 aromatic carbocycles. The number of hydrogen-bond donors (Lipinski definition) is 0. The first kappa shape index (κ1) is 17.9. The first-order valence-electron chi connectivity index (χ1n) is 7.46. The van der Waals surface area contributed by atoms with Gasteiger partial charge >= 0.3 is 11.9 Å². The normalized spacial score (nSPS) is 11.6. The van der Waals surface area contributed by atoms with Gasteiger partial charge in [0.05, 0.1) is 24.7 Å². The van der Waals surface area contributed by atoms with Crippen LogP contribution in [0.4, 0.5) is 0 Å². The average Bonchev–Trinajstić information content (AvgIpc) is 2.52. The van der Waals surface area contributed by atoms with Gasteiger partial charge in [-0.3, -0.25) is 9.59 Å². The van der Waals surface area contributed by atoms with Gasteiger partial charge in [0.1, 0.15) is 0 Å². The van der Waals surface area contributed by atoms with E-state index in [-0.39, 0.29) is 24.1 Å². The van der Waals surface area contributed by atoms with E-state index < -0.39 is 5.97 Å². The third kappa shape index (κ3) is 5.31. The van der Waals surface area contributed by atoms with Crippen molar-refractivity contribution in [3.05, 3.63) is 35.4 Å². The van der Waals surface area contributed by atoms with Crippen LogP contribution in [0.3, 0.4) is 0 Å². The number of ketones is 1. The summed E-state index contributed by atoms with van der Waals surface area (Å²) in [6.07, 6.45) is 0.704. The molecular formula is C17H22O5. The SMILES string of the molecule is CCOC(=O)c1ccc(C(=O)CCC(C)C(=O)OCC)cc1. The maximum atomic E-state index is 12.1. The van der Waals surface area contributed by atoms with Crippen LogP contribution in [0.2, 0.25) is 0 Å². The Balaban J connectivity index is 2.56. The summed E-state index contributed by atoms with van der Waals surface area (Å²) in [6, 6.07) is 6.34. The molecule has 0 saturated carbocycles. The van der Waals surface area contributed by atoms with Gasteiger partial charge in [0.2, 0.25) is 0 Å². The van der Waals surface area contributed by atoms with Crippen LogP contribution >= 0.6 is 0 Å². The lowest BCUT2D eigenvalue weighted by Gasteiger charge is -2.09. The molecule has 0 amide bonds. The van der Waals surface area contributed by atoms with Crippen molar-refractivity contribution in [2.24, 2.45) is 5.92 Å². The van der Waals surface area contributed by atoms with Gasteiger partial charge in [0.25, 0.3) is 0 Å². The highest BCUT2D eigenvalue weighted by atomic mass is 16.5. The molecule has 1 atom stereocenters. The summed E-state index contributed by atoms with van der Waals surface area (Å²) in [5.74, 6) is -1.06. The summed E-state index contributed by atoms with van der Waals surface area (Å²) >= 11 is 0. The number of carbonyl (C=O) groups is 3. The lowest BCUT2D eigenvalue weighted by atomic mass is 9.99. The van der Waals surface area contributed by atoms with E-state index in [4.69, 9.17) is 9.47 Å². The molecule has 5 heteroatoms. The maximum Gasteiger partial charge on any atom is 0.338 e. The van der Waals surface area contributed by atoms with Crippen LogP contribution in [-0.2, 0) is 14.3 Å². The van der Waals surface area contributed by atoms with Crippen LogP contribution in [0.5, 0.6) is 0 Å². The molecule has 1 rings (SSSR count). The molecule has 0 spiro atoms. The number of carbonyl (C=O) groups excluding carboxylic acids is 3. The third-order valence-corrected chi connectivity index (χ3v) is 3.21. The van der Waals surface area contributed by atoms with E-state index in [2.05, 4.69) is 0 Å². The molecule has 1 aromatic rings. The topological polar surface area (TPSA) is 69.7 Å². The predicted molar refractivity (Wildman–Crippen MR) is 81.8 cm³/mol. The molecule has 0 radical (unpaired) electrons. The van der Waals surface area contributed by atoms with Crippen LogP contribution in [0, 0.1) is 5.92 Å². The number of rotatable bonds is 8. The first-order chi connectivity index (χ1) is 10.5. The minimum absolute atomic E-state index is 0.0634. The Morgan fingerprint density at radius 2 is 1.50 bits per heavy atom. The van der Waals surface area contributed by atoms with Crippen molar-refractivity contribution in [2.75, 3.05) is 13.2 Å². The van der Waals surface area contributed by atoms with Crippen LogP contribution in [0.15, 0.2) is 24.3 Å². The monoisotopic (exact) mass is 306 g/mol. The van der Waals surface area contributed by atoms with Gasteiger partial charge in [0, 0.05) is 12.0 Å². The second-order valence-corrected chi connectivity index (χ2v) is 4.91. The molecule has 0 aromatic heterocycles. The van der Waals surface area contributed by atoms with Crippen LogP contribution < -0.4 is 0 Å². The van der Waals surface area contributed by atoms with Crippen LogP contribution in [-0.4, -0.2) is 30.9 Å². The molecule has 0 saturated heterocycles. The number of hydrogen-bond acceptors (Lipinski definition) is 5. The molecule has 0 bridgehead atoms. The molecule has 0 aliphatic carbocycles. The standard InChI is InChI=1S/C17H22O5/c1-4-21-16(19)12(3)6-11-15(18)13-7-9-14(10-8-13)17(20)22-5-2/h7-10,12H,4-6,11H2,1-3H3. The lowest BCUT2D eigenvalue weighted by Crippen LogP contribution is -2.16. The first-order valence-corrected chi connectivity index (χ1v) is 7.46. The van der Waals surface area contributed by atoms with Gasteiger partial charge in [0.15, 0.2) is 5.78 Å². The average molecular weight is 306 g/mol. The van der Waals surface area contributed by atoms with Crippen molar-refractivity contribution >= 4 is 17.7 Å². The van der Waals surface area contributed by atoms with E-state index in [9.17, 15) is 14.4 Å². The highest BCUT2D eigenvalue weighted by molar-refractivity contribution is 5.97. The summed E-state index contributed by atoms with van der Waals surface area (Å²) in [5.41, 5.74) is 0.933. The molecule has 22 heavy (non-hydrogen) atoms. The van der Waals surface area contributed by atoms with Crippen molar-refractivity contribution in [1.29, 1.82) is 0 Å². The zero-order valence-corrected chi connectivity index (χ0v) is 13.3. The van der Waals surface area contributed by atoms with E-state index in [1.165, 1.54) is 0 Å². The molecule has 0 aliphatic heterocycles. The largest absolute Gasteiger partial charge is 0.466 e. The minimum Gasteiger partial charge on any atom is -0.466 e. The summed E-state index contributed by atoms with van der Waals surface area (Å²) in [7, 11) is 0. The van der Waals surface area contributed by atoms with Crippen molar-refractivity contribution in [1.82, 2.24) is 0 Å². The molecule has 0 aliphatic rings. The molecule has 0 fully saturated rings. The second-order valence-electron chi connectivity index (χ2n) is 4.91. The fourth-order valence-electron chi connectivity index (χ4n) is 1.90. The maximum absolute atomic E-state index is 12.1. The molecule has 0 heterocycles. The van der Waals surface area contributed by atoms with Gasteiger partial charge in [-0.25, -0.2) is 4.79 Å².